The molecule has 0 aliphatic carbocycles. The SMILES string of the molecule is COc1c(C(=O)Nc2ccc(Cl)cc2)cnc2c1c(C)nn2C1CCOCC1. The summed E-state index contributed by atoms with van der Waals surface area (Å²) in [5.41, 5.74) is 2.52. The predicted molar refractivity (Wildman–Crippen MR) is 107 cm³/mol. The minimum atomic E-state index is -0.299. The van der Waals surface area contributed by atoms with Gasteiger partial charge in [0, 0.05) is 30.1 Å². The molecule has 2 aromatic heterocycles. The number of aryl methyl sites for hydroxylation is 1. The first-order chi connectivity index (χ1) is 13.6. The van der Waals surface area contributed by atoms with E-state index in [0.29, 0.717) is 35.2 Å². The molecule has 1 amide bonds. The quantitative estimate of drug-likeness (QED) is 0.716. The molecule has 1 fully saturated rings. The normalized spacial score (nSPS) is 15.0. The van der Waals surface area contributed by atoms with Crippen LogP contribution in [-0.4, -0.2) is 41.0 Å². The molecule has 3 aromatic rings. The van der Waals surface area contributed by atoms with Gasteiger partial charge in [0.05, 0.1) is 24.2 Å². The minimum Gasteiger partial charge on any atom is -0.495 e. The molecular weight excluding hydrogens is 380 g/mol. The van der Waals surface area contributed by atoms with Gasteiger partial charge in [0.15, 0.2) is 5.65 Å². The number of aromatic nitrogens is 3. The van der Waals surface area contributed by atoms with E-state index in [0.717, 1.165) is 29.6 Å². The Kier molecular flexibility index (Phi) is 5.19. The van der Waals surface area contributed by atoms with Gasteiger partial charge >= 0.3 is 0 Å². The summed E-state index contributed by atoms with van der Waals surface area (Å²) in [6.45, 7) is 3.33. The number of anilines is 1. The summed E-state index contributed by atoms with van der Waals surface area (Å²) in [6, 6.07) is 7.16. The molecule has 1 aromatic carbocycles. The van der Waals surface area contributed by atoms with Crippen molar-refractivity contribution >= 4 is 34.2 Å². The standard InChI is InChI=1S/C20H21ClN4O3/c1-12-17-18(27-2)16(20(26)23-14-5-3-13(21)4-6-14)11-22-19(17)25(24-12)15-7-9-28-10-8-15/h3-6,11,15H,7-10H2,1-2H3,(H,23,26). The number of pyridine rings is 1. The fourth-order valence-electron chi connectivity index (χ4n) is 3.53. The molecule has 146 valence electrons. The van der Waals surface area contributed by atoms with Crippen LogP contribution in [0.2, 0.25) is 5.02 Å². The first-order valence-electron chi connectivity index (χ1n) is 9.15. The topological polar surface area (TPSA) is 78.3 Å². The second kappa shape index (κ2) is 7.77. The zero-order valence-corrected chi connectivity index (χ0v) is 16.5. The van der Waals surface area contributed by atoms with Crippen LogP contribution in [0.15, 0.2) is 30.5 Å². The predicted octanol–water partition coefficient (Wildman–Crippen LogP) is 4.01. The number of ether oxygens (including phenoxy) is 2. The summed E-state index contributed by atoms with van der Waals surface area (Å²) in [4.78, 5) is 17.4. The Labute approximate surface area is 167 Å². The summed E-state index contributed by atoms with van der Waals surface area (Å²) < 4.78 is 13.0. The molecule has 1 saturated heterocycles. The van der Waals surface area contributed by atoms with E-state index in [1.807, 2.05) is 11.6 Å². The van der Waals surface area contributed by atoms with Gasteiger partial charge in [-0.25, -0.2) is 9.67 Å². The molecule has 28 heavy (non-hydrogen) atoms. The molecule has 1 N–H and O–H groups in total. The van der Waals surface area contributed by atoms with Gasteiger partial charge in [0.1, 0.15) is 11.3 Å². The summed E-state index contributed by atoms with van der Waals surface area (Å²) in [7, 11) is 1.55. The Bertz CT molecular complexity index is 1010. The highest BCUT2D eigenvalue weighted by molar-refractivity contribution is 6.30. The van der Waals surface area contributed by atoms with Crippen LogP contribution in [0.25, 0.3) is 11.0 Å². The molecule has 0 bridgehead atoms. The van der Waals surface area contributed by atoms with E-state index in [2.05, 4.69) is 15.4 Å². The Morgan fingerprint density at radius 3 is 2.68 bits per heavy atom. The third-order valence-electron chi connectivity index (χ3n) is 4.94. The van der Waals surface area contributed by atoms with Crippen LogP contribution in [0.3, 0.4) is 0 Å². The number of carbonyl (C=O) groups excluding carboxylic acids is 1. The van der Waals surface area contributed by atoms with E-state index in [9.17, 15) is 4.79 Å². The van der Waals surface area contributed by atoms with Gasteiger partial charge in [0.2, 0.25) is 0 Å². The lowest BCUT2D eigenvalue weighted by Crippen LogP contribution is -2.21. The number of amides is 1. The lowest BCUT2D eigenvalue weighted by atomic mass is 10.1. The lowest BCUT2D eigenvalue weighted by Gasteiger charge is -2.22. The number of carbonyl (C=O) groups is 1. The van der Waals surface area contributed by atoms with E-state index in [1.54, 1.807) is 37.6 Å². The molecule has 1 aliphatic rings. The maximum atomic E-state index is 12.8. The number of nitrogens with one attached hydrogen (secondary N) is 1. The Morgan fingerprint density at radius 1 is 1.29 bits per heavy atom. The molecule has 0 unspecified atom stereocenters. The van der Waals surface area contributed by atoms with E-state index in [-0.39, 0.29) is 11.9 Å². The fourth-order valence-corrected chi connectivity index (χ4v) is 3.66. The summed E-state index contributed by atoms with van der Waals surface area (Å²) in [6.07, 6.45) is 3.32. The molecule has 3 heterocycles. The van der Waals surface area contributed by atoms with Crippen LogP contribution >= 0.6 is 11.6 Å². The fraction of sp³-hybridized carbons (Fsp3) is 0.350. The van der Waals surface area contributed by atoms with Crippen LogP contribution in [0.1, 0.15) is 34.9 Å². The average Bonchev–Trinajstić information content (AvgIpc) is 3.06. The molecule has 0 atom stereocenters. The molecule has 1 aliphatic heterocycles. The highest BCUT2D eigenvalue weighted by Gasteiger charge is 2.25. The van der Waals surface area contributed by atoms with Gasteiger partial charge in [-0.3, -0.25) is 4.79 Å². The number of benzene rings is 1. The molecule has 0 saturated carbocycles. The third kappa shape index (κ3) is 3.43. The van der Waals surface area contributed by atoms with Crippen molar-refractivity contribution in [1.82, 2.24) is 14.8 Å². The maximum Gasteiger partial charge on any atom is 0.261 e. The van der Waals surface area contributed by atoms with Crippen LogP contribution in [0.4, 0.5) is 5.69 Å². The van der Waals surface area contributed by atoms with Gasteiger partial charge in [0.25, 0.3) is 5.91 Å². The van der Waals surface area contributed by atoms with Crippen LogP contribution in [0.5, 0.6) is 5.75 Å². The van der Waals surface area contributed by atoms with Gasteiger partial charge in [-0.15, -0.1) is 0 Å². The number of hydrogen-bond donors (Lipinski definition) is 1. The zero-order valence-electron chi connectivity index (χ0n) is 15.7. The largest absolute Gasteiger partial charge is 0.495 e. The second-order valence-corrected chi connectivity index (χ2v) is 7.17. The van der Waals surface area contributed by atoms with E-state index >= 15 is 0 Å². The highest BCUT2D eigenvalue weighted by atomic mass is 35.5. The van der Waals surface area contributed by atoms with Gasteiger partial charge < -0.3 is 14.8 Å². The molecule has 7 nitrogen and oxygen atoms in total. The first-order valence-corrected chi connectivity index (χ1v) is 9.52. The van der Waals surface area contributed by atoms with Crippen molar-refractivity contribution in [3.63, 3.8) is 0 Å². The third-order valence-corrected chi connectivity index (χ3v) is 5.19. The van der Waals surface area contributed by atoms with Crippen molar-refractivity contribution < 1.29 is 14.3 Å². The lowest BCUT2D eigenvalue weighted by molar-refractivity contribution is 0.0672. The molecule has 0 radical (unpaired) electrons. The second-order valence-electron chi connectivity index (χ2n) is 6.74. The first kappa shape index (κ1) is 18.7. The molecular formula is C20H21ClN4O3. The number of fused-ring (bicyclic) bond motifs is 1. The van der Waals surface area contributed by atoms with Crippen LogP contribution < -0.4 is 10.1 Å². The number of rotatable bonds is 4. The monoisotopic (exact) mass is 400 g/mol. The van der Waals surface area contributed by atoms with Crippen molar-refractivity contribution in [3.8, 4) is 5.75 Å². The van der Waals surface area contributed by atoms with Crippen molar-refractivity contribution in [3.05, 3.63) is 46.7 Å². The average molecular weight is 401 g/mol. The number of methoxy groups -OCH3 is 1. The van der Waals surface area contributed by atoms with Crippen molar-refractivity contribution in [1.29, 1.82) is 0 Å². The minimum absolute atomic E-state index is 0.232. The summed E-state index contributed by atoms with van der Waals surface area (Å²) in [5.74, 6) is 0.180. The zero-order chi connectivity index (χ0) is 19.7. The van der Waals surface area contributed by atoms with Gasteiger partial charge in [-0.2, -0.15) is 5.10 Å². The van der Waals surface area contributed by atoms with Crippen molar-refractivity contribution in [2.45, 2.75) is 25.8 Å². The highest BCUT2D eigenvalue weighted by Crippen LogP contribution is 2.34. The Hall–Kier alpha value is -2.64. The molecule has 4 rings (SSSR count). The summed E-state index contributed by atoms with van der Waals surface area (Å²) >= 11 is 5.90. The van der Waals surface area contributed by atoms with E-state index < -0.39 is 0 Å². The number of nitrogens with zero attached hydrogens (tertiary/aromatic N) is 3. The number of halogens is 1. The van der Waals surface area contributed by atoms with E-state index in [4.69, 9.17) is 21.1 Å². The van der Waals surface area contributed by atoms with Gasteiger partial charge in [-0.1, -0.05) is 11.6 Å². The molecule has 8 heteroatoms. The van der Waals surface area contributed by atoms with Gasteiger partial charge in [-0.05, 0) is 44.0 Å². The van der Waals surface area contributed by atoms with Crippen LogP contribution in [-0.2, 0) is 4.74 Å². The number of hydrogen-bond acceptors (Lipinski definition) is 5. The maximum absolute atomic E-state index is 12.8. The van der Waals surface area contributed by atoms with Crippen molar-refractivity contribution in [2.24, 2.45) is 0 Å². The van der Waals surface area contributed by atoms with Crippen molar-refractivity contribution in [2.75, 3.05) is 25.6 Å². The Balaban J connectivity index is 1.72. The molecule has 0 spiro atoms. The Morgan fingerprint density at radius 2 is 2.00 bits per heavy atom. The van der Waals surface area contributed by atoms with E-state index in [1.165, 1.54) is 0 Å². The van der Waals surface area contributed by atoms with Crippen LogP contribution in [0, 0.1) is 6.92 Å². The summed E-state index contributed by atoms with van der Waals surface area (Å²) in [5, 5.41) is 8.91. The smallest absolute Gasteiger partial charge is 0.261 e.